The van der Waals surface area contributed by atoms with Gasteiger partial charge in [0, 0.05) is 12.7 Å². The highest BCUT2D eigenvalue weighted by Crippen LogP contribution is 2.36. The molecule has 1 aliphatic heterocycles. The number of likely N-dealkylation sites (N-methyl/N-ethyl adjacent to an activating group) is 1. The summed E-state index contributed by atoms with van der Waals surface area (Å²) in [7, 11) is 1.82. The van der Waals surface area contributed by atoms with E-state index in [2.05, 4.69) is 0 Å². The van der Waals surface area contributed by atoms with E-state index >= 15 is 0 Å². The molecule has 0 fully saturated rings. The lowest BCUT2D eigenvalue weighted by Gasteiger charge is -2.21. The molecule has 0 bridgehead atoms. The van der Waals surface area contributed by atoms with Crippen LogP contribution in [0.4, 0.5) is 11.4 Å². The summed E-state index contributed by atoms with van der Waals surface area (Å²) in [5.41, 5.74) is 5.13. The molecule has 3 aromatic rings. The number of para-hydroxylation sites is 1. The lowest BCUT2D eigenvalue weighted by atomic mass is 10.0. The van der Waals surface area contributed by atoms with Crippen molar-refractivity contribution in [3.05, 3.63) is 101 Å². The van der Waals surface area contributed by atoms with Crippen molar-refractivity contribution in [2.75, 3.05) is 16.8 Å². The molecule has 29 heavy (non-hydrogen) atoms. The topological polar surface area (TPSA) is 40.6 Å². The van der Waals surface area contributed by atoms with Gasteiger partial charge in [0.05, 0.1) is 11.3 Å². The maximum atomic E-state index is 13.5. The zero-order chi connectivity index (χ0) is 20.5. The van der Waals surface area contributed by atoms with E-state index in [0.29, 0.717) is 17.0 Å². The molecule has 4 heteroatoms. The van der Waals surface area contributed by atoms with Gasteiger partial charge in [0.2, 0.25) is 0 Å². The summed E-state index contributed by atoms with van der Waals surface area (Å²) >= 11 is 0. The normalized spacial score (nSPS) is 14.0. The molecule has 0 spiro atoms. The SMILES string of the molecule is Cc1ccc(C2=C(N(C)c3ccccc3)C(=O)N(c3ccc(C)cc3)C2=O)cc1. The Morgan fingerprint density at radius 2 is 1.24 bits per heavy atom. The number of hydrogen-bond acceptors (Lipinski definition) is 3. The lowest BCUT2D eigenvalue weighted by molar-refractivity contribution is -0.120. The number of amides is 2. The van der Waals surface area contributed by atoms with Crippen molar-refractivity contribution >= 4 is 28.8 Å². The Labute approximate surface area is 170 Å². The van der Waals surface area contributed by atoms with E-state index < -0.39 is 0 Å². The van der Waals surface area contributed by atoms with Crippen molar-refractivity contribution in [2.24, 2.45) is 0 Å². The van der Waals surface area contributed by atoms with E-state index in [1.54, 1.807) is 4.90 Å². The molecule has 0 saturated carbocycles. The average molecular weight is 382 g/mol. The molecule has 0 aliphatic carbocycles. The van der Waals surface area contributed by atoms with Crippen LogP contribution in [0.15, 0.2) is 84.6 Å². The van der Waals surface area contributed by atoms with E-state index in [1.165, 1.54) is 4.90 Å². The number of aryl methyl sites for hydroxylation is 2. The highest BCUT2D eigenvalue weighted by molar-refractivity contribution is 6.46. The third kappa shape index (κ3) is 3.34. The first-order valence-corrected chi connectivity index (χ1v) is 9.53. The van der Waals surface area contributed by atoms with Crippen molar-refractivity contribution < 1.29 is 9.59 Å². The number of nitrogens with zero attached hydrogens (tertiary/aromatic N) is 2. The molecule has 1 heterocycles. The molecular formula is C25H22N2O2. The van der Waals surface area contributed by atoms with E-state index in [4.69, 9.17) is 0 Å². The summed E-state index contributed by atoms with van der Waals surface area (Å²) in [6.07, 6.45) is 0. The van der Waals surface area contributed by atoms with Crippen molar-refractivity contribution in [1.82, 2.24) is 0 Å². The fraction of sp³-hybridized carbons (Fsp3) is 0.120. The number of carbonyl (C=O) groups excluding carboxylic acids is 2. The minimum Gasteiger partial charge on any atom is -0.339 e. The Balaban J connectivity index is 1.87. The third-order valence-electron chi connectivity index (χ3n) is 5.17. The number of anilines is 2. The second-order valence-electron chi connectivity index (χ2n) is 7.27. The molecule has 3 aromatic carbocycles. The summed E-state index contributed by atoms with van der Waals surface area (Å²) in [6, 6.07) is 24.7. The standard InChI is InChI=1S/C25H22N2O2/c1-17-9-13-19(14-10-17)22-23(26(3)20-7-5-4-6-8-20)25(29)27(24(22)28)21-15-11-18(2)12-16-21/h4-16H,1-3H3. The van der Waals surface area contributed by atoms with Gasteiger partial charge in [-0.3, -0.25) is 9.59 Å². The Kier molecular flexibility index (Phi) is 4.77. The predicted octanol–water partition coefficient (Wildman–Crippen LogP) is 4.72. The minimum absolute atomic E-state index is 0.305. The molecule has 0 aromatic heterocycles. The second kappa shape index (κ2) is 7.40. The number of benzene rings is 3. The van der Waals surface area contributed by atoms with Crippen LogP contribution in [0.25, 0.3) is 5.57 Å². The lowest BCUT2D eigenvalue weighted by Crippen LogP contribution is -2.34. The van der Waals surface area contributed by atoms with Crippen LogP contribution in [0.1, 0.15) is 16.7 Å². The fourth-order valence-corrected chi connectivity index (χ4v) is 3.52. The van der Waals surface area contributed by atoms with Gasteiger partial charge in [-0.2, -0.15) is 0 Å². The largest absolute Gasteiger partial charge is 0.339 e. The van der Waals surface area contributed by atoms with E-state index in [9.17, 15) is 9.59 Å². The minimum atomic E-state index is -0.319. The number of imide groups is 1. The van der Waals surface area contributed by atoms with Gasteiger partial charge in [-0.1, -0.05) is 65.7 Å². The molecule has 0 unspecified atom stereocenters. The Hall–Kier alpha value is -3.66. The third-order valence-corrected chi connectivity index (χ3v) is 5.17. The maximum Gasteiger partial charge on any atom is 0.282 e. The molecular weight excluding hydrogens is 360 g/mol. The zero-order valence-corrected chi connectivity index (χ0v) is 16.7. The van der Waals surface area contributed by atoms with Crippen LogP contribution in [0.3, 0.4) is 0 Å². The van der Waals surface area contributed by atoms with Crippen LogP contribution in [-0.2, 0) is 9.59 Å². The van der Waals surface area contributed by atoms with E-state index in [1.807, 2.05) is 99.8 Å². The molecule has 2 amide bonds. The number of hydrogen-bond donors (Lipinski definition) is 0. The zero-order valence-electron chi connectivity index (χ0n) is 16.7. The Morgan fingerprint density at radius 1 is 0.690 bits per heavy atom. The van der Waals surface area contributed by atoms with Gasteiger partial charge in [-0.05, 0) is 43.7 Å². The van der Waals surface area contributed by atoms with Crippen LogP contribution in [0.5, 0.6) is 0 Å². The van der Waals surface area contributed by atoms with Crippen molar-refractivity contribution in [3.63, 3.8) is 0 Å². The summed E-state index contributed by atoms with van der Waals surface area (Å²) in [5, 5.41) is 0. The highest BCUT2D eigenvalue weighted by Gasteiger charge is 2.42. The molecule has 0 radical (unpaired) electrons. The predicted molar refractivity (Wildman–Crippen MR) is 117 cm³/mol. The van der Waals surface area contributed by atoms with Gasteiger partial charge in [0.25, 0.3) is 11.8 Å². The van der Waals surface area contributed by atoms with E-state index in [0.717, 1.165) is 22.4 Å². The van der Waals surface area contributed by atoms with Gasteiger partial charge < -0.3 is 4.90 Å². The molecule has 0 N–H and O–H groups in total. The van der Waals surface area contributed by atoms with Gasteiger partial charge in [-0.25, -0.2) is 4.90 Å². The maximum absolute atomic E-state index is 13.5. The van der Waals surface area contributed by atoms with Crippen molar-refractivity contribution in [2.45, 2.75) is 13.8 Å². The Bertz CT molecular complexity index is 1100. The van der Waals surface area contributed by atoms with Gasteiger partial charge in [0.1, 0.15) is 5.70 Å². The molecule has 4 rings (SSSR count). The molecule has 1 aliphatic rings. The monoisotopic (exact) mass is 382 g/mol. The smallest absolute Gasteiger partial charge is 0.282 e. The molecule has 4 nitrogen and oxygen atoms in total. The highest BCUT2D eigenvalue weighted by atomic mass is 16.2. The first kappa shape index (κ1) is 18.7. The van der Waals surface area contributed by atoms with Gasteiger partial charge >= 0.3 is 0 Å². The summed E-state index contributed by atoms with van der Waals surface area (Å²) in [5.74, 6) is -0.624. The molecule has 0 saturated heterocycles. The van der Waals surface area contributed by atoms with Crippen LogP contribution >= 0.6 is 0 Å². The fourth-order valence-electron chi connectivity index (χ4n) is 3.52. The van der Waals surface area contributed by atoms with E-state index in [-0.39, 0.29) is 11.8 Å². The quantitative estimate of drug-likeness (QED) is 0.613. The van der Waals surface area contributed by atoms with Crippen LogP contribution in [-0.4, -0.2) is 18.9 Å². The Morgan fingerprint density at radius 3 is 1.83 bits per heavy atom. The summed E-state index contributed by atoms with van der Waals surface area (Å²) in [4.78, 5) is 30.0. The second-order valence-corrected chi connectivity index (χ2v) is 7.27. The van der Waals surface area contributed by atoms with Crippen LogP contribution in [0, 0.1) is 13.8 Å². The first-order valence-electron chi connectivity index (χ1n) is 9.53. The van der Waals surface area contributed by atoms with Crippen molar-refractivity contribution in [1.29, 1.82) is 0 Å². The number of rotatable bonds is 4. The summed E-state index contributed by atoms with van der Waals surface area (Å²) in [6.45, 7) is 3.97. The average Bonchev–Trinajstić information content (AvgIpc) is 3.00. The first-order chi connectivity index (χ1) is 14.0. The van der Waals surface area contributed by atoms with Crippen LogP contribution in [0.2, 0.25) is 0 Å². The van der Waals surface area contributed by atoms with Gasteiger partial charge in [0.15, 0.2) is 0 Å². The summed E-state index contributed by atoms with van der Waals surface area (Å²) < 4.78 is 0. The number of carbonyl (C=O) groups is 2. The molecule has 144 valence electrons. The van der Waals surface area contributed by atoms with Crippen LogP contribution < -0.4 is 9.80 Å². The van der Waals surface area contributed by atoms with Gasteiger partial charge in [-0.15, -0.1) is 0 Å². The van der Waals surface area contributed by atoms with Crippen molar-refractivity contribution in [3.8, 4) is 0 Å². The molecule has 0 atom stereocenters.